The number of fused-ring (bicyclic) bond motifs is 4. The van der Waals surface area contributed by atoms with Crippen molar-refractivity contribution in [1.82, 2.24) is 4.57 Å². The zero-order valence-electron chi connectivity index (χ0n) is 30.6. The topological polar surface area (TPSA) is 8.17 Å². The zero-order chi connectivity index (χ0) is 36.7. The highest BCUT2D eigenvalue weighted by Gasteiger charge is 2.21. The standard InChI is InChI=1S/C53H38N2/c1-37-26-27-42-18-8-9-21-47(42)52(37)43-19-12-20-46(36-43)55-49-23-11-10-22-48(49)53-50(24-13-25-51(53)55)54(44-32-28-40(29-33-44)38-14-4-2-5-15-38)45-34-30-41(31-35-45)39-16-6-3-7-17-39/h2-36H,1H3. The number of rotatable bonds is 7. The van der Waals surface area contributed by atoms with Crippen LogP contribution in [0.15, 0.2) is 212 Å². The molecular formula is C53H38N2. The first-order valence-electron chi connectivity index (χ1n) is 18.9. The predicted molar refractivity (Wildman–Crippen MR) is 234 cm³/mol. The van der Waals surface area contributed by atoms with Gasteiger partial charge in [-0.3, -0.25) is 0 Å². The van der Waals surface area contributed by atoms with E-state index in [2.05, 4.69) is 229 Å². The first-order valence-corrected chi connectivity index (χ1v) is 18.9. The summed E-state index contributed by atoms with van der Waals surface area (Å²) in [6.07, 6.45) is 0. The molecule has 9 aromatic carbocycles. The van der Waals surface area contributed by atoms with Crippen LogP contribution in [0.2, 0.25) is 0 Å². The highest BCUT2D eigenvalue weighted by molar-refractivity contribution is 6.16. The van der Waals surface area contributed by atoms with Crippen molar-refractivity contribution in [2.24, 2.45) is 0 Å². The van der Waals surface area contributed by atoms with Crippen LogP contribution in [-0.4, -0.2) is 4.57 Å². The molecule has 0 bridgehead atoms. The van der Waals surface area contributed by atoms with Crippen molar-refractivity contribution >= 4 is 49.6 Å². The summed E-state index contributed by atoms with van der Waals surface area (Å²) in [6, 6.07) is 76.9. The zero-order valence-corrected chi connectivity index (χ0v) is 30.6. The summed E-state index contributed by atoms with van der Waals surface area (Å²) in [5, 5.41) is 4.95. The highest BCUT2D eigenvalue weighted by atomic mass is 15.1. The van der Waals surface area contributed by atoms with Gasteiger partial charge in [0.15, 0.2) is 0 Å². The summed E-state index contributed by atoms with van der Waals surface area (Å²) >= 11 is 0. The first kappa shape index (κ1) is 32.5. The van der Waals surface area contributed by atoms with Gasteiger partial charge in [0.2, 0.25) is 0 Å². The monoisotopic (exact) mass is 702 g/mol. The van der Waals surface area contributed by atoms with Crippen molar-refractivity contribution in [2.75, 3.05) is 4.90 Å². The molecule has 0 fully saturated rings. The minimum Gasteiger partial charge on any atom is -0.310 e. The Balaban J connectivity index is 1.17. The summed E-state index contributed by atoms with van der Waals surface area (Å²) in [4.78, 5) is 2.42. The van der Waals surface area contributed by atoms with Gasteiger partial charge in [0.05, 0.1) is 16.7 Å². The van der Waals surface area contributed by atoms with Crippen LogP contribution < -0.4 is 4.90 Å². The normalized spacial score (nSPS) is 11.4. The maximum Gasteiger partial charge on any atom is 0.0562 e. The molecule has 0 amide bonds. The van der Waals surface area contributed by atoms with Crippen LogP contribution in [0.4, 0.5) is 17.1 Å². The number of benzene rings is 9. The fraction of sp³-hybridized carbons (Fsp3) is 0.0189. The highest BCUT2D eigenvalue weighted by Crippen LogP contribution is 2.45. The molecular weight excluding hydrogens is 665 g/mol. The smallest absolute Gasteiger partial charge is 0.0562 e. The van der Waals surface area contributed by atoms with E-state index in [0.717, 1.165) is 28.3 Å². The summed E-state index contributed by atoms with van der Waals surface area (Å²) in [5.41, 5.74) is 15.4. The summed E-state index contributed by atoms with van der Waals surface area (Å²) in [7, 11) is 0. The largest absolute Gasteiger partial charge is 0.310 e. The number of aromatic nitrogens is 1. The molecule has 10 rings (SSSR count). The molecule has 1 heterocycles. The van der Waals surface area contributed by atoms with Gasteiger partial charge < -0.3 is 9.47 Å². The van der Waals surface area contributed by atoms with E-state index in [0.29, 0.717) is 0 Å². The Labute approximate surface area is 321 Å². The van der Waals surface area contributed by atoms with Crippen molar-refractivity contribution in [3.8, 4) is 39.1 Å². The molecule has 0 aliphatic heterocycles. The fourth-order valence-electron chi connectivity index (χ4n) is 8.32. The minimum atomic E-state index is 1.10. The number of nitrogens with zero attached hydrogens (tertiary/aromatic N) is 2. The van der Waals surface area contributed by atoms with Crippen molar-refractivity contribution in [3.05, 3.63) is 218 Å². The molecule has 0 aliphatic carbocycles. The van der Waals surface area contributed by atoms with Gasteiger partial charge >= 0.3 is 0 Å². The fourth-order valence-corrected chi connectivity index (χ4v) is 8.32. The van der Waals surface area contributed by atoms with Crippen LogP contribution in [0.25, 0.3) is 71.6 Å². The van der Waals surface area contributed by atoms with Crippen LogP contribution in [0.3, 0.4) is 0 Å². The van der Waals surface area contributed by atoms with E-state index in [1.807, 2.05) is 0 Å². The van der Waals surface area contributed by atoms with Gasteiger partial charge in [-0.05, 0) is 111 Å². The van der Waals surface area contributed by atoms with Gasteiger partial charge in [-0.1, -0.05) is 158 Å². The molecule has 0 spiro atoms. The quantitative estimate of drug-likeness (QED) is 0.160. The van der Waals surface area contributed by atoms with E-state index < -0.39 is 0 Å². The molecule has 0 aliphatic rings. The van der Waals surface area contributed by atoms with Crippen LogP contribution in [0, 0.1) is 6.92 Å². The molecule has 1 aromatic heterocycles. The van der Waals surface area contributed by atoms with Crippen molar-refractivity contribution in [3.63, 3.8) is 0 Å². The molecule has 0 atom stereocenters. The van der Waals surface area contributed by atoms with Crippen LogP contribution in [-0.2, 0) is 0 Å². The summed E-state index contributed by atoms with van der Waals surface area (Å²) in [6.45, 7) is 2.22. The first-order chi connectivity index (χ1) is 27.2. The Morgan fingerprint density at radius 2 is 0.909 bits per heavy atom. The Kier molecular flexibility index (Phi) is 8.08. The summed E-state index contributed by atoms with van der Waals surface area (Å²) < 4.78 is 2.44. The van der Waals surface area contributed by atoms with E-state index in [4.69, 9.17) is 0 Å². The third-order valence-corrected chi connectivity index (χ3v) is 10.9. The van der Waals surface area contributed by atoms with E-state index in [9.17, 15) is 0 Å². The maximum atomic E-state index is 2.44. The van der Waals surface area contributed by atoms with Gasteiger partial charge in [-0.25, -0.2) is 0 Å². The molecule has 0 saturated heterocycles. The molecule has 55 heavy (non-hydrogen) atoms. The average molecular weight is 703 g/mol. The molecule has 0 unspecified atom stereocenters. The lowest BCUT2D eigenvalue weighted by Crippen LogP contribution is -2.10. The number of hydrogen-bond donors (Lipinski definition) is 0. The van der Waals surface area contributed by atoms with Gasteiger partial charge in [0.1, 0.15) is 0 Å². The van der Waals surface area contributed by atoms with Crippen LogP contribution in [0.5, 0.6) is 0 Å². The Bertz CT molecular complexity index is 2880. The van der Waals surface area contributed by atoms with E-state index >= 15 is 0 Å². The Hall–Kier alpha value is -7.16. The number of para-hydroxylation sites is 1. The lowest BCUT2D eigenvalue weighted by atomic mass is 9.94. The number of anilines is 3. The van der Waals surface area contributed by atoms with Crippen molar-refractivity contribution in [1.29, 1.82) is 0 Å². The predicted octanol–water partition coefficient (Wildman–Crippen LogP) is 14.7. The minimum absolute atomic E-state index is 1.10. The lowest BCUT2D eigenvalue weighted by molar-refractivity contribution is 1.18. The van der Waals surface area contributed by atoms with Gasteiger partial charge in [-0.2, -0.15) is 0 Å². The van der Waals surface area contributed by atoms with Crippen molar-refractivity contribution in [2.45, 2.75) is 6.92 Å². The van der Waals surface area contributed by atoms with E-state index in [1.165, 1.54) is 66.0 Å². The Morgan fingerprint density at radius 1 is 0.382 bits per heavy atom. The van der Waals surface area contributed by atoms with E-state index in [1.54, 1.807) is 0 Å². The molecule has 10 aromatic rings. The maximum absolute atomic E-state index is 2.44. The van der Waals surface area contributed by atoms with Gasteiger partial charge in [-0.15, -0.1) is 0 Å². The molecule has 0 radical (unpaired) electrons. The van der Waals surface area contributed by atoms with Gasteiger partial charge in [0, 0.05) is 27.8 Å². The molecule has 0 saturated carbocycles. The average Bonchev–Trinajstić information content (AvgIpc) is 3.60. The second-order valence-corrected chi connectivity index (χ2v) is 14.2. The summed E-state index contributed by atoms with van der Waals surface area (Å²) in [5.74, 6) is 0. The van der Waals surface area contributed by atoms with Crippen molar-refractivity contribution < 1.29 is 0 Å². The SMILES string of the molecule is Cc1ccc2ccccc2c1-c1cccc(-n2c3ccccc3c3c(N(c4ccc(-c5ccccc5)cc4)c4ccc(-c5ccccc5)cc4)cccc32)c1. The third-order valence-electron chi connectivity index (χ3n) is 10.9. The number of hydrogen-bond acceptors (Lipinski definition) is 1. The van der Waals surface area contributed by atoms with E-state index in [-0.39, 0.29) is 0 Å². The molecule has 0 N–H and O–H groups in total. The molecule has 2 heteroatoms. The van der Waals surface area contributed by atoms with Crippen LogP contribution in [0.1, 0.15) is 5.56 Å². The second kappa shape index (κ2) is 13.7. The lowest BCUT2D eigenvalue weighted by Gasteiger charge is -2.27. The van der Waals surface area contributed by atoms with Crippen LogP contribution >= 0.6 is 0 Å². The molecule has 2 nitrogen and oxygen atoms in total. The number of aryl methyl sites for hydroxylation is 1. The second-order valence-electron chi connectivity index (χ2n) is 14.2. The third kappa shape index (κ3) is 5.76. The van der Waals surface area contributed by atoms with Gasteiger partial charge in [0.25, 0.3) is 0 Å². The molecule has 260 valence electrons. The Morgan fingerprint density at radius 3 is 1.58 bits per heavy atom.